The van der Waals surface area contributed by atoms with E-state index < -0.39 is 71.9 Å². The van der Waals surface area contributed by atoms with Crippen molar-refractivity contribution in [1.29, 1.82) is 0 Å². The number of fused-ring (bicyclic) bond motifs is 15. The maximum absolute atomic E-state index is 14.2. The van der Waals surface area contributed by atoms with Crippen molar-refractivity contribution < 1.29 is 58.5 Å². The van der Waals surface area contributed by atoms with Crippen LogP contribution in [0.25, 0.3) is 0 Å². The Morgan fingerprint density at radius 3 is 1.42 bits per heavy atom. The van der Waals surface area contributed by atoms with Crippen molar-refractivity contribution in [2.75, 3.05) is 91.6 Å². The largest absolute Gasteiger partial charge is 0.481 e. The van der Waals surface area contributed by atoms with Crippen LogP contribution in [-0.2, 0) is 51.2 Å². The van der Waals surface area contributed by atoms with Gasteiger partial charge in [-0.3, -0.25) is 28.8 Å². The molecular weight excluding hydrogens is 1070 g/mol. The second kappa shape index (κ2) is 38.9. The molecule has 0 saturated carbocycles. The van der Waals surface area contributed by atoms with Crippen LogP contribution in [0.15, 0.2) is 60.7 Å². The first-order valence-corrected chi connectivity index (χ1v) is 29.5. The van der Waals surface area contributed by atoms with E-state index in [9.17, 15) is 53.4 Å². The van der Waals surface area contributed by atoms with Gasteiger partial charge in [-0.05, 0) is 56.1 Å². The summed E-state index contributed by atoms with van der Waals surface area (Å²) >= 11 is 0. The number of rotatable bonds is 33. The summed E-state index contributed by atoms with van der Waals surface area (Å²) in [5.74, 6) is -5.64. The highest BCUT2D eigenvalue weighted by Crippen LogP contribution is 2.14. The van der Waals surface area contributed by atoms with Crippen molar-refractivity contribution in [1.82, 2.24) is 69.1 Å². The SMILES string of the molecule is CC12CNCCNCC(NC(=O)CCCC(=O)NC(Cc3ccccc3)C(=O)N[C@H](Cc3ccccc3)C(=O)NCCCCCCCC(=O)NCCCC[C@H](NC(=O)N[C@@H](CCC(=O)O)C(=O)O)C(=O)O)(CNCCNC1)CNCCNC2. The lowest BCUT2D eigenvalue weighted by Gasteiger charge is -2.37. The molecular formula is C58H93N13O12. The quantitative estimate of drug-likeness (QED) is 0.0413. The number of carbonyl (C=O) groups excluding carboxylic acids is 6. The number of aliphatic carboxylic acids is 3. The third kappa shape index (κ3) is 29.4. The highest BCUT2D eigenvalue weighted by atomic mass is 16.4. The fourth-order valence-corrected chi connectivity index (χ4v) is 9.82. The molecule has 0 radical (unpaired) electrons. The van der Waals surface area contributed by atoms with E-state index in [0.717, 1.165) is 89.3 Å². The molecule has 83 heavy (non-hydrogen) atoms. The summed E-state index contributed by atoms with van der Waals surface area (Å²) in [7, 11) is 0. The van der Waals surface area contributed by atoms with Gasteiger partial charge < -0.3 is 84.4 Å². The van der Waals surface area contributed by atoms with Crippen molar-refractivity contribution in [2.45, 2.75) is 139 Å². The van der Waals surface area contributed by atoms with E-state index >= 15 is 0 Å². The summed E-state index contributed by atoms with van der Waals surface area (Å²) < 4.78 is 0. The Morgan fingerprint density at radius 2 is 0.892 bits per heavy atom. The summed E-state index contributed by atoms with van der Waals surface area (Å²) in [5.41, 5.74) is 1.07. The number of carboxylic acids is 3. The lowest BCUT2D eigenvalue weighted by atomic mass is 9.90. The molecule has 4 atom stereocenters. The zero-order valence-electron chi connectivity index (χ0n) is 48.3. The van der Waals surface area contributed by atoms with Gasteiger partial charge in [0.25, 0.3) is 0 Å². The minimum Gasteiger partial charge on any atom is -0.481 e. The Hall–Kier alpha value is -6.77. The molecule has 5 rings (SSSR count). The van der Waals surface area contributed by atoms with Crippen LogP contribution in [0.2, 0.25) is 0 Å². The van der Waals surface area contributed by atoms with Gasteiger partial charge in [-0.15, -0.1) is 0 Å². The van der Waals surface area contributed by atoms with Crippen molar-refractivity contribution in [3.63, 3.8) is 0 Å². The summed E-state index contributed by atoms with van der Waals surface area (Å²) in [5, 5.41) is 68.3. The number of amides is 7. The Bertz CT molecular complexity index is 2270. The number of hydrogen-bond acceptors (Lipinski definition) is 15. The van der Waals surface area contributed by atoms with Crippen LogP contribution in [0.5, 0.6) is 0 Å². The van der Waals surface area contributed by atoms with Gasteiger partial charge in [-0.1, -0.05) is 86.8 Å². The molecule has 1 unspecified atom stereocenters. The highest BCUT2D eigenvalue weighted by Gasteiger charge is 2.33. The van der Waals surface area contributed by atoms with Gasteiger partial charge >= 0.3 is 23.9 Å². The molecule has 3 aliphatic rings. The molecule has 25 nitrogen and oxygen atoms in total. The molecule has 2 aromatic carbocycles. The smallest absolute Gasteiger partial charge is 0.326 e. The molecule has 25 heteroatoms. The number of benzene rings is 2. The zero-order chi connectivity index (χ0) is 60.1. The van der Waals surface area contributed by atoms with Crippen molar-refractivity contribution in [3.05, 3.63) is 71.8 Å². The number of urea groups is 1. The second-order valence-corrected chi connectivity index (χ2v) is 22.1. The average Bonchev–Trinajstić information content (AvgIpc) is 3.58. The van der Waals surface area contributed by atoms with Crippen molar-refractivity contribution >= 4 is 53.5 Å². The number of unbranched alkanes of at least 4 members (excludes halogenated alkanes) is 5. The topological polar surface area (TPSA) is 371 Å². The van der Waals surface area contributed by atoms with E-state index in [2.05, 4.69) is 76.0 Å². The molecule has 0 spiro atoms. The monoisotopic (exact) mass is 1160 g/mol. The third-order valence-electron chi connectivity index (χ3n) is 14.5. The van der Waals surface area contributed by atoms with E-state index in [1.54, 1.807) is 0 Å². The first-order chi connectivity index (χ1) is 39.9. The molecule has 2 bridgehead atoms. The van der Waals surface area contributed by atoms with Gasteiger partial charge in [0.2, 0.25) is 29.5 Å². The van der Waals surface area contributed by atoms with E-state index in [1.807, 2.05) is 60.7 Å². The van der Waals surface area contributed by atoms with E-state index in [1.165, 1.54) is 0 Å². The van der Waals surface area contributed by atoms with Crippen LogP contribution in [-0.4, -0.2) is 190 Å². The van der Waals surface area contributed by atoms with Crippen LogP contribution >= 0.6 is 0 Å². The molecule has 3 fully saturated rings. The molecule has 462 valence electrons. The Morgan fingerprint density at radius 1 is 0.446 bits per heavy atom. The Kier molecular flexibility index (Phi) is 32.2. The van der Waals surface area contributed by atoms with Crippen molar-refractivity contribution in [2.24, 2.45) is 5.41 Å². The van der Waals surface area contributed by atoms with Crippen LogP contribution in [0.1, 0.15) is 108 Å². The van der Waals surface area contributed by atoms with Gasteiger partial charge in [0.1, 0.15) is 24.2 Å². The molecule has 0 aliphatic carbocycles. The molecule has 7 amide bonds. The number of nitrogens with one attached hydrogen (secondary N) is 13. The van der Waals surface area contributed by atoms with Crippen LogP contribution in [0, 0.1) is 5.41 Å². The predicted molar refractivity (Wildman–Crippen MR) is 313 cm³/mol. The van der Waals surface area contributed by atoms with Gasteiger partial charge in [-0.25, -0.2) is 14.4 Å². The maximum atomic E-state index is 14.2. The molecule has 3 saturated heterocycles. The fourth-order valence-electron chi connectivity index (χ4n) is 9.82. The molecule has 16 N–H and O–H groups in total. The summed E-state index contributed by atoms with van der Waals surface area (Å²) in [6, 6.07) is 12.8. The minimum atomic E-state index is -1.51. The minimum absolute atomic E-state index is 0.00232. The standard InChI is InChI=1S/C58H93N13O12/c1-57-36-59-28-31-62-39-58(40-63-32-29-60-37-57,41-64-33-30-61-38-57)71-50(74)23-15-22-49(73)67-47(35-43-18-9-6-10-19-43)53(78)68-46(34-42-16-7-5-8-17-42)52(77)66-27-13-4-2-3-11-21-48(72)65-26-14-12-20-44(54(79)80)69-56(83)70-45(55(81)82)24-25-51(75)76/h5-10,16-19,44-47,59-64H,2-4,11-15,20-41H2,1H3,(H,65,72)(H,66,77)(H,67,73)(H,68,78)(H,71,74)(H,75,76)(H,79,80)(H,81,82)(H2,69,70,83)/t44-,45-,46+,47?,57?,58?/m0/s1. The number of hydrogen-bond donors (Lipinski definition) is 16. The summed E-state index contributed by atoms with van der Waals surface area (Å²) in [4.78, 5) is 114. The molecule has 3 heterocycles. The lowest BCUT2D eigenvalue weighted by molar-refractivity contribution is -0.141. The van der Waals surface area contributed by atoms with Gasteiger partial charge in [0.15, 0.2) is 0 Å². The average molecular weight is 1160 g/mol. The van der Waals surface area contributed by atoms with Crippen LogP contribution < -0.4 is 69.1 Å². The second-order valence-electron chi connectivity index (χ2n) is 22.1. The highest BCUT2D eigenvalue weighted by molar-refractivity contribution is 5.92. The van der Waals surface area contributed by atoms with E-state index in [4.69, 9.17) is 5.11 Å². The molecule has 0 aromatic heterocycles. The predicted octanol–water partition coefficient (Wildman–Crippen LogP) is -0.149. The fraction of sp³-hybridized carbons (Fsp3) is 0.638. The zero-order valence-corrected chi connectivity index (χ0v) is 48.3. The number of carbonyl (C=O) groups is 9. The Labute approximate surface area is 487 Å². The number of carboxylic acid groups (broad SMARTS) is 3. The third-order valence-corrected chi connectivity index (χ3v) is 14.5. The normalized spacial score (nSPS) is 19.4. The van der Waals surface area contributed by atoms with Crippen LogP contribution in [0.4, 0.5) is 4.79 Å². The van der Waals surface area contributed by atoms with Gasteiger partial charge in [0, 0.05) is 136 Å². The van der Waals surface area contributed by atoms with E-state index in [-0.39, 0.29) is 81.0 Å². The summed E-state index contributed by atoms with van der Waals surface area (Å²) in [6.07, 6.45) is 4.57. The molecule has 2 aromatic rings. The van der Waals surface area contributed by atoms with Crippen LogP contribution in [0.3, 0.4) is 0 Å². The van der Waals surface area contributed by atoms with Gasteiger partial charge in [-0.2, -0.15) is 0 Å². The van der Waals surface area contributed by atoms with E-state index in [0.29, 0.717) is 51.9 Å². The van der Waals surface area contributed by atoms with Crippen molar-refractivity contribution in [3.8, 4) is 0 Å². The first kappa shape index (κ1) is 68.7. The maximum Gasteiger partial charge on any atom is 0.326 e. The Balaban J connectivity index is 1.21. The van der Waals surface area contributed by atoms with Gasteiger partial charge in [0.05, 0.1) is 5.54 Å². The first-order valence-electron chi connectivity index (χ1n) is 29.5. The lowest BCUT2D eigenvalue weighted by Crippen LogP contribution is -2.66. The molecule has 3 aliphatic heterocycles. The summed E-state index contributed by atoms with van der Waals surface area (Å²) in [6.45, 7) is 11.7.